The molecule has 0 aliphatic carbocycles. The highest BCUT2D eigenvalue weighted by Crippen LogP contribution is 2.11. The highest BCUT2D eigenvalue weighted by atomic mass is 16.5. The summed E-state index contributed by atoms with van der Waals surface area (Å²) in [5.74, 6) is -0.575. The average Bonchev–Trinajstić information content (AvgIpc) is 2.33. The summed E-state index contributed by atoms with van der Waals surface area (Å²) in [4.78, 5) is 23.6. The first-order valence-corrected chi connectivity index (χ1v) is 5.87. The van der Waals surface area contributed by atoms with Crippen molar-refractivity contribution in [1.82, 2.24) is 10.6 Å². The van der Waals surface area contributed by atoms with Gasteiger partial charge in [-0.25, -0.2) is 4.79 Å². The predicted molar refractivity (Wildman–Crippen MR) is 66.5 cm³/mol. The van der Waals surface area contributed by atoms with Crippen molar-refractivity contribution < 1.29 is 14.3 Å². The van der Waals surface area contributed by atoms with E-state index in [1.165, 1.54) is 7.11 Å². The minimum Gasteiger partial charge on any atom is -0.467 e. The Labute approximate surface area is 103 Å². The van der Waals surface area contributed by atoms with Gasteiger partial charge in [-0.15, -0.1) is 0 Å². The van der Waals surface area contributed by atoms with Crippen molar-refractivity contribution >= 4 is 11.9 Å². The normalized spacial score (nSPS) is 14.9. The van der Waals surface area contributed by atoms with Gasteiger partial charge in [0.1, 0.15) is 6.04 Å². The fraction of sp³-hybridized carbons (Fsp3) is 0.833. The van der Waals surface area contributed by atoms with Crippen LogP contribution >= 0.6 is 0 Å². The van der Waals surface area contributed by atoms with E-state index in [0.29, 0.717) is 0 Å². The second kappa shape index (κ2) is 6.59. The smallest absolute Gasteiger partial charge is 0.328 e. The van der Waals surface area contributed by atoms with Crippen LogP contribution in [-0.2, 0) is 14.3 Å². The molecule has 0 aromatic rings. The van der Waals surface area contributed by atoms with Crippen LogP contribution in [0.2, 0.25) is 0 Å². The van der Waals surface area contributed by atoms with Gasteiger partial charge in [-0.2, -0.15) is 0 Å². The molecule has 2 unspecified atom stereocenters. The molecule has 0 aromatic carbocycles. The molecule has 0 rings (SSSR count). The fourth-order valence-electron chi connectivity index (χ4n) is 1.23. The molecule has 0 fully saturated rings. The molecular weight excluding hydrogens is 220 g/mol. The van der Waals surface area contributed by atoms with Gasteiger partial charge in [-0.1, -0.05) is 20.3 Å². The van der Waals surface area contributed by atoms with E-state index in [4.69, 9.17) is 4.74 Å². The molecule has 0 aliphatic heterocycles. The van der Waals surface area contributed by atoms with Crippen LogP contribution in [0.25, 0.3) is 0 Å². The summed E-state index contributed by atoms with van der Waals surface area (Å²) in [5, 5.41) is 5.63. The third-order valence-electron chi connectivity index (χ3n) is 3.15. The molecule has 17 heavy (non-hydrogen) atoms. The number of methoxy groups -OCH3 is 1. The largest absolute Gasteiger partial charge is 0.467 e. The number of hydrogen-bond acceptors (Lipinski definition) is 4. The van der Waals surface area contributed by atoms with E-state index >= 15 is 0 Å². The molecular formula is C12H24N2O3. The van der Waals surface area contributed by atoms with Crippen molar-refractivity contribution in [2.24, 2.45) is 5.92 Å². The second-order valence-electron chi connectivity index (χ2n) is 4.73. The van der Waals surface area contributed by atoms with Gasteiger partial charge >= 0.3 is 5.97 Å². The predicted octanol–water partition coefficient (Wildman–Crippen LogP) is 0.688. The fourth-order valence-corrected chi connectivity index (χ4v) is 1.23. The standard InChI is InChI=1S/C12H24N2O3/c1-7-8(2)9(10(15)17-6)14-11(16)12(3,4)13-5/h8-9,13H,7H2,1-6H3,(H,14,16). The zero-order chi connectivity index (χ0) is 13.6. The molecule has 0 aromatic heterocycles. The van der Waals surface area contributed by atoms with Crippen LogP contribution < -0.4 is 10.6 Å². The molecule has 5 nitrogen and oxygen atoms in total. The summed E-state index contributed by atoms with van der Waals surface area (Å²) in [6.07, 6.45) is 0.792. The lowest BCUT2D eigenvalue weighted by Gasteiger charge is -2.28. The lowest BCUT2D eigenvalue weighted by Crippen LogP contribution is -2.56. The molecule has 0 heterocycles. The topological polar surface area (TPSA) is 67.4 Å². The van der Waals surface area contributed by atoms with Crippen LogP contribution in [0.5, 0.6) is 0 Å². The lowest BCUT2D eigenvalue weighted by molar-refractivity contribution is -0.147. The van der Waals surface area contributed by atoms with Crippen molar-refractivity contribution in [3.63, 3.8) is 0 Å². The molecule has 0 radical (unpaired) electrons. The highest BCUT2D eigenvalue weighted by molar-refractivity contribution is 5.90. The van der Waals surface area contributed by atoms with Crippen LogP contribution in [0.15, 0.2) is 0 Å². The number of likely N-dealkylation sites (N-methyl/N-ethyl adjacent to an activating group) is 1. The van der Waals surface area contributed by atoms with Crippen molar-refractivity contribution in [2.75, 3.05) is 14.2 Å². The average molecular weight is 244 g/mol. The molecule has 0 spiro atoms. The molecule has 0 bridgehead atoms. The number of ether oxygens (including phenoxy) is 1. The monoisotopic (exact) mass is 244 g/mol. The van der Waals surface area contributed by atoms with E-state index < -0.39 is 17.6 Å². The molecule has 0 aliphatic rings. The Morgan fingerprint density at radius 3 is 2.24 bits per heavy atom. The Balaban J connectivity index is 4.77. The third-order valence-corrected chi connectivity index (χ3v) is 3.15. The number of carbonyl (C=O) groups is 2. The van der Waals surface area contributed by atoms with Gasteiger partial charge in [0.05, 0.1) is 12.6 Å². The summed E-state index contributed by atoms with van der Waals surface area (Å²) in [6, 6.07) is -0.592. The molecule has 100 valence electrons. The molecule has 0 saturated heterocycles. The summed E-state index contributed by atoms with van der Waals surface area (Å²) in [7, 11) is 3.03. The van der Waals surface area contributed by atoms with Crippen molar-refractivity contribution in [3.05, 3.63) is 0 Å². The lowest BCUT2D eigenvalue weighted by atomic mass is 9.97. The van der Waals surface area contributed by atoms with Crippen molar-refractivity contribution in [1.29, 1.82) is 0 Å². The first kappa shape index (κ1) is 15.9. The number of amides is 1. The summed E-state index contributed by atoms with van der Waals surface area (Å²) < 4.78 is 4.71. The maximum absolute atomic E-state index is 12.0. The highest BCUT2D eigenvalue weighted by Gasteiger charge is 2.32. The maximum atomic E-state index is 12.0. The van der Waals surface area contributed by atoms with E-state index in [-0.39, 0.29) is 11.8 Å². The van der Waals surface area contributed by atoms with Gasteiger partial charge < -0.3 is 15.4 Å². The Kier molecular flexibility index (Phi) is 6.16. The van der Waals surface area contributed by atoms with E-state index in [1.807, 2.05) is 13.8 Å². The Morgan fingerprint density at radius 1 is 1.35 bits per heavy atom. The SMILES string of the molecule is CCC(C)C(NC(=O)C(C)(C)NC)C(=O)OC. The zero-order valence-corrected chi connectivity index (χ0v) is 11.6. The number of carbonyl (C=O) groups excluding carboxylic acids is 2. The van der Waals surface area contributed by atoms with Crippen molar-refractivity contribution in [3.8, 4) is 0 Å². The molecule has 2 N–H and O–H groups in total. The van der Waals surface area contributed by atoms with E-state index in [2.05, 4.69) is 10.6 Å². The summed E-state index contributed by atoms with van der Waals surface area (Å²) in [6.45, 7) is 7.39. The van der Waals surface area contributed by atoms with Crippen LogP contribution in [0.3, 0.4) is 0 Å². The minimum absolute atomic E-state index is 0.0408. The van der Waals surface area contributed by atoms with Crippen LogP contribution in [0.1, 0.15) is 34.1 Å². The van der Waals surface area contributed by atoms with Gasteiger partial charge in [0.15, 0.2) is 0 Å². The number of esters is 1. The first-order chi connectivity index (χ1) is 7.80. The van der Waals surface area contributed by atoms with E-state index in [0.717, 1.165) is 6.42 Å². The quantitative estimate of drug-likeness (QED) is 0.675. The van der Waals surface area contributed by atoms with Crippen LogP contribution in [0, 0.1) is 5.92 Å². The van der Waals surface area contributed by atoms with Gasteiger partial charge in [0.25, 0.3) is 0 Å². The second-order valence-corrected chi connectivity index (χ2v) is 4.73. The van der Waals surface area contributed by atoms with Crippen LogP contribution in [0.4, 0.5) is 0 Å². The Morgan fingerprint density at radius 2 is 1.88 bits per heavy atom. The molecule has 2 atom stereocenters. The number of nitrogens with one attached hydrogen (secondary N) is 2. The third kappa shape index (κ3) is 4.34. The Bertz CT molecular complexity index is 277. The van der Waals surface area contributed by atoms with Crippen LogP contribution in [-0.4, -0.2) is 37.6 Å². The van der Waals surface area contributed by atoms with E-state index in [9.17, 15) is 9.59 Å². The molecule has 0 saturated carbocycles. The van der Waals surface area contributed by atoms with Gasteiger partial charge in [-0.05, 0) is 26.8 Å². The summed E-state index contributed by atoms with van der Waals surface area (Å²) >= 11 is 0. The zero-order valence-electron chi connectivity index (χ0n) is 11.6. The first-order valence-electron chi connectivity index (χ1n) is 5.87. The number of rotatable bonds is 6. The summed E-state index contributed by atoms with van der Waals surface area (Å²) in [5.41, 5.74) is -0.709. The number of hydrogen-bond donors (Lipinski definition) is 2. The minimum atomic E-state index is -0.709. The van der Waals surface area contributed by atoms with Gasteiger partial charge in [-0.3, -0.25) is 4.79 Å². The maximum Gasteiger partial charge on any atom is 0.328 e. The molecule has 1 amide bonds. The van der Waals surface area contributed by atoms with Gasteiger partial charge in [0, 0.05) is 0 Å². The van der Waals surface area contributed by atoms with Crippen molar-refractivity contribution in [2.45, 2.75) is 45.7 Å². The molecule has 5 heteroatoms. The van der Waals surface area contributed by atoms with Gasteiger partial charge in [0.2, 0.25) is 5.91 Å². The van der Waals surface area contributed by atoms with E-state index in [1.54, 1.807) is 20.9 Å². The Hall–Kier alpha value is -1.10.